The summed E-state index contributed by atoms with van der Waals surface area (Å²) in [4.78, 5) is 15.2. The first kappa shape index (κ1) is 19.6. The van der Waals surface area contributed by atoms with E-state index >= 15 is 0 Å². The van der Waals surface area contributed by atoms with E-state index in [-0.39, 0.29) is 5.92 Å². The van der Waals surface area contributed by atoms with Crippen molar-refractivity contribution in [1.29, 1.82) is 0 Å². The van der Waals surface area contributed by atoms with Crippen LogP contribution in [0.25, 0.3) is 0 Å². The van der Waals surface area contributed by atoms with Crippen molar-refractivity contribution in [3.63, 3.8) is 0 Å². The van der Waals surface area contributed by atoms with Gasteiger partial charge in [-0.1, -0.05) is 74.1 Å². The van der Waals surface area contributed by atoms with Crippen LogP contribution in [-0.4, -0.2) is 23.3 Å². The van der Waals surface area contributed by atoms with E-state index in [4.69, 9.17) is 5.11 Å². The standard InChI is InChI=1S/C21H27NO2/c1-16(2)20(21(23)24)22-15-18(4)10-6-5-9-17(3)13-14-19-11-7-8-12-19/h5-11,13-16,20H,12H2,1-4H3,(H,23,24)/b6-5+,14-13+,17-9+,18-10+,22-15?/t20-/m0/s1. The van der Waals surface area contributed by atoms with E-state index in [0.717, 1.165) is 12.0 Å². The van der Waals surface area contributed by atoms with E-state index in [0.29, 0.717) is 0 Å². The van der Waals surface area contributed by atoms with Crippen LogP contribution in [0.3, 0.4) is 0 Å². The van der Waals surface area contributed by atoms with Crippen LogP contribution in [0.2, 0.25) is 0 Å². The second-order valence-corrected chi connectivity index (χ2v) is 6.22. The van der Waals surface area contributed by atoms with Crippen LogP contribution in [-0.2, 0) is 4.79 Å². The van der Waals surface area contributed by atoms with Gasteiger partial charge in [0.1, 0.15) is 6.04 Å². The van der Waals surface area contributed by atoms with Gasteiger partial charge in [-0.3, -0.25) is 4.99 Å². The first-order valence-electron chi connectivity index (χ1n) is 8.21. The second kappa shape index (κ2) is 10.4. The Bertz CT molecular complexity index is 641. The molecule has 3 nitrogen and oxygen atoms in total. The number of aliphatic imine (C=N–C) groups is 1. The Hall–Kier alpha value is -2.42. The van der Waals surface area contributed by atoms with E-state index < -0.39 is 12.0 Å². The summed E-state index contributed by atoms with van der Waals surface area (Å²) in [5.74, 6) is -0.910. The van der Waals surface area contributed by atoms with Crippen molar-refractivity contribution in [2.45, 2.75) is 40.2 Å². The molecule has 3 heteroatoms. The number of allylic oxidation sites excluding steroid dienone is 12. The topological polar surface area (TPSA) is 49.7 Å². The fourth-order valence-electron chi connectivity index (χ4n) is 2.06. The van der Waals surface area contributed by atoms with E-state index in [1.54, 1.807) is 6.21 Å². The first-order valence-corrected chi connectivity index (χ1v) is 8.21. The molecule has 0 spiro atoms. The van der Waals surface area contributed by atoms with Gasteiger partial charge in [0.25, 0.3) is 0 Å². The smallest absolute Gasteiger partial charge is 0.328 e. The Morgan fingerprint density at radius 3 is 2.42 bits per heavy atom. The normalized spacial score (nSPS) is 17.6. The van der Waals surface area contributed by atoms with Gasteiger partial charge in [-0.2, -0.15) is 0 Å². The summed E-state index contributed by atoms with van der Waals surface area (Å²) in [6.45, 7) is 7.67. The van der Waals surface area contributed by atoms with E-state index in [1.165, 1.54) is 11.1 Å². The van der Waals surface area contributed by atoms with Crippen LogP contribution >= 0.6 is 0 Å². The molecule has 1 rings (SSSR count). The van der Waals surface area contributed by atoms with Gasteiger partial charge in [-0.15, -0.1) is 0 Å². The molecule has 0 aromatic heterocycles. The number of hydrogen-bond donors (Lipinski definition) is 1. The fourth-order valence-corrected chi connectivity index (χ4v) is 2.06. The lowest BCUT2D eigenvalue weighted by Crippen LogP contribution is -2.24. The molecule has 1 aliphatic rings. The molecule has 0 aliphatic heterocycles. The number of aliphatic carboxylic acids is 1. The van der Waals surface area contributed by atoms with Crippen molar-refractivity contribution >= 4 is 12.2 Å². The predicted molar refractivity (Wildman–Crippen MR) is 102 cm³/mol. The van der Waals surface area contributed by atoms with Gasteiger partial charge >= 0.3 is 5.97 Å². The molecule has 0 heterocycles. The summed E-state index contributed by atoms with van der Waals surface area (Å²) in [5.41, 5.74) is 3.41. The monoisotopic (exact) mass is 325 g/mol. The van der Waals surface area contributed by atoms with Crippen LogP contribution in [0.4, 0.5) is 0 Å². The lowest BCUT2D eigenvalue weighted by molar-refractivity contribution is -0.139. The van der Waals surface area contributed by atoms with E-state index in [9.17, 15) is 4.79 Å². The molecule has 0 bridgehead atoms. The lowest BCUT2D eigenvalue weighted by atomic mass is 10.1. The van der Waals surface area contributed by atoms with Crippen LogP contribution in [0.5, 0.6) is 0 Å². The second-order valence-electron chi connectivity index (χ2n) is 6.22. The highest BCUT2D eigenvalue weighted by Gasteiger charge is 2.18. The number of carboxylic acids is 1. The quantitative estimate of drug-likeness (QED) is 0.501. The molecular weight excluding hydrogens is 298 g/mol. The molecule has 0 amide bonds. The Morgan fingerprint density at radius 2 is 1.88 bits per heavy atom. The molecule has 0 saturated heterocycles. The predicted octanol–water partition coefficient (Wildman–Crippen LogP) is 5.06. The van der Waals surface area contributed by atoms with Gasteiger partial charge in [0, 0.05) is 6.21 Å². The maximum absolute atomic E-state index is 11.1. The van der Waals surface area contributed by atoms with Crippen molar-refractivity contribution in [3.8, 4) is 0 Å². The third kappa shape index (κ3) is 7.73. The minimum absolute atomic E-state index is 0.0235. The first-order chi connectivity index (χ1) is 11.4. The van der Waals surface area contributed by atoms with Gasteiger partial charge in [0.15, 0.2) is 0 Å². The maximum atomic E-state index is 11.1. The van der Waals surface area contributed by atoms with Gasteiger partial charge in [-0.05, 0) is 37.3 Å². The summed E-state index contributed by atoms with van der Waals surface area (Å²) in [6, 6.07) is -0.691. The number of nitrogens with zero attached hydrogens (tertiary/aromatic N) is 1. The maximum Gasteiger partial charge on any atom is 0.328 e. The number of rotatable bonds is 8. The van der Waals surface area contributed by atoms with Crippen molar-refractivity contribution < 1.29 is 9.90 Å². The van der Waals surface area contributed by atoms with Gasteiger partial charge < -0.3 is 5.11 Å². The third-order valence-corrected chi connectivity index (χ3v) is 3.51. The summed E-state index contributed by atoms with van der Waals surface area (Å²) < 4.78 is 0. The van der Waals surface area contributed by atoms with Gasteiger partial charge in [0.2, 0.25) is 0 Å². The average molecular weight is 325 g/mol. The SMILES string of the molecule is C\C(C=N[C@H](C(=O)O)C(C)C)=C/C=C/C=C(C)/C=C/C1=CC=CC1. The minimum Gasteiger partial charge on any atom is -0.480 e. The third-order valence-electron chi connectivity index (χ3n) is 3.51. The molecule has 1 atom stereocenters. The lowest BCUT2D eigenvalue weighted by Gasteiger charge is -2.10. The number of hydrogen-bond acceptors (Lipinski definition) is 2. The van der Waals surface area contributed by atoms with Crippen molar-refractivity contribution in [1.82, 2.24) is 0 Å². The minimum atomic E-state index is -0.887. The molecule has 24 heavy (non-hydrogen) atoms. The number of carboxylic acid groups (broad SMARTS) is 1. The van der Waals surface area contributed by atoms with Gasteiger partial charge in [0.05, 0.1) is 0 Å². The molecule has 0 saturated carbocycles. The Balaban J connectivity index is 2.55. The number of carbonyl (C=O) groups is 1. The molecule has 0 unspecified atom stereocenters. The van der Waals surface area contributed by atoms with Crippen molar-refractivity contribution in [3.05, 3.63) is 71.4 Å². The molecule has 0 fully saturated rings. The zero-order chi connectivity index (χ0) is 17.9. The van der Waals surface area contributed by atoms with Crippen LogP contribution in [0, 0.1) is 5.92 Å². The summed E-state index contributed by atoms with van der Waals surface area (Å²) in [6.07, 6.45) is 21.0. The Kier molecular flexibility index (Phi) is 8.48. The van der Waals surface area contributed by atoms with Crippen molar-refractivity contribution in [2.24, 2.45) is 10.9 Å². The molecule has 0 radical (unpaired) electrons. The Morgan fingerprint density at radius 1 is 1.21 bits per heavy atom. The summed E-state index contributed by atoms with van der Waals surface area (Å²) in [5, 5.41) is 9.09. The highest BCUT2D eigenvalue weighted by atomic mass is 16.4. The van der Waals surface area contributed by atoms with Crippen molar-refractivity contribution in [2.75, 3.05) is 0 Å². The van der Waals surface area contributed by atoms with E-state index in [1.807, 2.05) is 45.1 Å². The Labute approximate surface area is 145 Å². The molecule has 1 aliphatic carbocycles. The molecule has 0 aromatic rings. The fraction of sp³-hybridized carbons (Fsp3) is 0.333. The van der Waals surface area contributed by atoms with Crippen LogP contribution in [0.15, 0.2) is 76.4 Å². The van der Waals surface area contributed by atoms with Crippen LogP contribution in [0.1, 0.15) is 34.1 Å². The average Bonchev–Trinajstić information content (AvgIpc) is 3.02. The van der Waals surface area contributed by atoms with E-state index in [2.05, 4.69) is 42.3 Å². The molecular formula is C21H27NO2. The highest BCUT2D eigenvalue weighted by Crippen LogP contribution is 2.12. The molecule has 128 valence electrons. The molecule has 0 aromatic carbocycles. The largest absolute Gasteiger partial charge is 0.480 e. The zero-order valence-corrected chi connectivity index (χ0v) is 14.9. The van der Waals surface area contributed by atoms with Crippen LogP contribution < -0.4 is 0 Å². The summed E-state index contributed by atoms with van der Waals surface area (Å²) in [7, 11) is 0. The highest BCUT2D eigenvalue weighted by molar-refractivity contribution is 5.82. The summed E-state index contributed by atoms with van der Waals surface area (Å²) >= 11 is 0. The zero-order valence-electron chi connectivity index (χ0n) is 14.9. The van der Waals surface area contributed by atoms with Gasteiger partial charge in [-0.25, -0.2) is 4.79 Å². The molecule has 1 N–H and O–H groups in total.